The molecule has 0 fully saturated rings. The topological polar surface area (TPSA) is 93.2 Å². The van der Waals surface area contributed by atoms with Crippen molar-refractivity contribution in [2.24, 2.45) is 7.05 Å². The molecule has 0 saturated heterocycles. The lowest BCUT2D eigenvalue weighted by Crippen LogP contribution is -2.15. The number of nitrogen functional groups attached to an aromatic ring is 1. The molecule has 2 aromatic rings. The van der Waals surface area contributed by atoms with Crippen LogP contribution < -0.4 is 15.4 Å². The fourth-order valence-electron chi connectivity index (χ4n) is 1.98. The number of anilines is 3. The maximum atomic E-state index is 12.4. The van der Waals surface area contributed by atoms with Crippen molar-refractivity contribution < 1.29 is 8.42 Å². The summed E-state index contributed by atoms with van der Waals surface area (Å²) < 4.78 is 28.8. The van der Waals surface area contributed by atoms with Gasteiger partial charge in [-0.1, -0.05) is 0 Å². The quantitative estimate of drug-likeness (QED) is 0.884. The molecule has 1 aromatic heterocycles. The van der Waals surface area contributed by atoms with Crippen LogP contribution >= 0.6 is 0 Å². The molecule has 1 heterocycles. The first-order chi connectivity index (χ1) is 9.72. The third-order valence-corrected chi connectivity index (χ3v) is 4.76. The average molecular weight is 309 g/mol. The van der Waals surface area contributed by atoms with E-state index in [1.165, 1.54) is 4.68 Å². The van der Waals surface area contributed by atoms with Gasteiger partial charge in [0.05, 0.1) is 5.69 Å². The molecule has 3 N–H and O–H groups in total. The van der Waals surface area contributed by atoms with Gasteiger partial charge in [-0.3, -0.25) is 9.40 Å². The highest BCUT2D eigenvalue weighted by Gasteiger charge is 2.24. The van der Waals surface area contributed by atoms with Gasteiger partial charge in [-0.2, -0.15) is 5.10 Å². The monoisotopic (exact) mass is 309 g/mol. The number of nitrogens with two attached hydrogens (primary N) is 1. The summed E-state index contributed by atoms with van der Waals surface area (Å²) in [6.45, 7) is 1.66. The summed E-state index contributed by atoms with van der Waals surface area (Å²) in [5.74, 6) is -0.00703. The van der Waals surface area contributed by atoms with Crippen LogP contribution in [0.1, 0.15) is 5.69 Å². The van der Waals surface area contributed by atoms with Crippen molar-refractivity contribution in [1.29, 1.82) is 0 Å². The highest BCUT2D eigenvalue weighted by Crippen LogP contribution is 2.25. The molecular weight excluding hydrogens is 290 g/mol. The number of aryl methyl sites for hydroxylation is 1. The number of aromatic nitrogens is 2. The van der Waals surface area contributed by atoms with Crippen molar-refractivity contribution in [3.05, 3.63) is 30.0 Å². The van der Waals surface area contributed by atoms with Crippen LogP contribution in [-0.4, -0.2) is 32.3 Å². The van der Waals surface area contributed by atoms with Gasteiger partial charge in [0.2, 0.25) is 0 Å². The summed E-state index contributed by atoms with van der Waals surface area (Å²) in [4.78, 5) is 1.95. The number of hydrogen-bond donors (Lipinski definition) is 2. The number of rotatable bonds is 4. The molecule has 114 valence electrons. The first kappa shape index (κ1) is 15.2. The minimum Gasteiger partial charge on any atom is -0.381 e. The highest BCUT2D eigenvalue weighted by atomic mass is 32.2. The van der Waals surface area contributed by atoms with E-state index in [2.05, 4.69) is 9.82 Å². The fourth-order valence-corrected chi connectivity index (χ4v) is 3.37. The smallest absolute Gasteiger partial charge is 0.267 e. The zero-order chi connectivity index (χ0) is 15.8. The van der Waals surface area contributed by atoms with Crippen LogP contribution in [0.2, 0.25) is 0 Å². The third kappa shape index (κ3) is 2.94. The van der Waals surface area contributed by atoms with Crippen LogP contribution in [0, 0.1) is 6.92 Å². The molecule has 0 spiro atoms. The van der Waals surface area contributed by atoms with Crippen molar-refractivity contribution >= 4 is 27.2 Å². The summed E-state index contributed by atoms with van der Waals surface area (Å²) in [5, 5.41) is 3.92. The van der Waals surface area contributed by atoms with Gasteiger partial charge in [0, 0.05) is 32.5 Å². The zero-order valence-electron chi connectivity index (χ0n) is 12.5. The van der Waals surface area contributed by atoms with E-state index in [0.717, 1.165) is 5.69 Å². The Balaban J connectivity index is 2.33. The molecule has 0 bridgehead atoms. The molecule has 1 aromatic carbocycles. The van der Waals surface area contributed by atoms with Gasteiger partial charge in [-0.05, 0) is 31.2 Å². The Kier molecular flexibility index (Phi) is 3.82. The second kappa shape index (κ2) is 5.28. The molecule has 0 saturated carbocycles. The van der Waals surface area contributed by atoms with Gasteiger partial charge in [0.25, 0.3) is 10.0 Å². The number of sulfonamides is 1. The first-order valence-electron chi connectivity index (χ1n) is 6.31. The number of benzene rings is 1. The molecular formula is C13H19N5O2S. The van der Waals surface area contributed by atoms with E-state index in [1.807, 2.05) is 31.1 Å². The van der Waals surface area contributed by atoms with Gasteiger partial charge in [-0.25, -0.2) is 8.42 Å². The van der Waals surface area contributed by atoms with Gasteiger partial charge >= 0.3 is 0 Å². The van der Waals surface area contributed by atoms with E-state index in [-0.39, 0.29) is 10.7 Å². The van der Waals surface area contributed by atoms with Gasteiger partial charge < -0.3 is 10.6 Å². The van der Waals surface area contributed by atoms with Gasteiger partial charge in [0.1, 0.15) is 0 Å². The van der Waals surface area contributed by atoms with Gasteiger partial charge in [-0.15, -0.1) is 0 Å². The SMILES string of the molecule is Cc1c(S(=O)(=O)Nc2ccc(N(C)C)cc2)c(N)nn1C. The van der Waals surface area contributed by atoms with Crippen LogP contribution in [0.3, 0.4) is 0 Å². The molecule has 0 aliphatic rings. The minimum absolute atomic E-state index is 0.00703. The lowest BCUT2D eigenvalue weighted by atomic mass is 10.3. The predicted molar refractivity (Wildman–Crippen MR) is 83.9 cm³/mol. The lowest BCUT2D eigenvalue weighted by molar-refractivity contribution is 0.600. The summed E-state index contributed by atoms with van der Waals surface area (Å²) in [5.41, 5.74) is 7.64. The Bertz CT molecular complexity index is 748. The van der Waals surface area contributed by atoms with Gasteiger partial charge in [0.15, 0.2) is 10.7 Å². The van der Waals surface area contributed by atoms with E-state index in [0.29, 0.717) is 11.4 Å². The molecule has 8 heteroatoms. The Labute approximate surface area is 124 Å². The van der Waals surface area contributed by atoms with Crippen LogP contribution in [0.15, 0.2) is 29.2 Å². The molecule has 0 atom stereocenters. The number of nitrogens with zero attached hydrogens (tertiary/aromatic N) is 3. The fraction of sp³-hybridized carbons (Fsp3) is 0.308. The normalized spacial score (nSPS) is 11.4. The Hall–Kier alpha value is -2.22. The van der Waals surface area contributed by atoms with E-state index in [4.69, 9.17) is 5.73 Å². The highest BCUT2D eigenvalue weighted by molar-refractivity contribution is 7.93. The summed E-state index contributed by atoms with van der Waals surface area (Å²) in [6, 6.07) is 7.07. The van der Waals surface area contributed by atoms with Crippen LogP contribution in [0.5, 0.6) is 0 Å². The Morgan fingerprint density at radius 1 is 1.24 bits per heavy atom. The van der Waals surface area contributed by atoms with Crippen molar-refractivity contribution in [2.45, 2.75) is 11.8 Å². The standard InChI is InChI=1S/C13H19N5O2S/c1-9-12(13(14)15-18(9)4)21(19,20)16-10-5-7-11(8-6-10)17(2)3/h5-8,16H,1-4H3,(H2,14,15). The first-order valence-corrected chi connectivity index (χ1v) is 7.80. The van der Waals surface area contributed by atoms with E-state index in [9.17, 15) is 8.42 Å². The molecule has 0 aliphatic heterocycles. The Morgan fingerprint density at radius 2 is 1.81 bits per heavy atom. The largest absolute Gasteiger partial charge is 0.381 e. The van der Waals surface area contributed by atoms with Crippen molar-refractivity contribution in [3.63, 3.8) is 0 Å². The maximum absolute atomic E-state index is 12.4. The number of nitrogens with one attached hydrogen (secondary N) is 1. The van der Waals surface area contributed by atoms with Crippen LogP contribution in [0.4, 0.5) is 17.2 Å². The Morgan fingerprint density at radius 3 is 2.24 bits per heavy atom. The molecule has 2 rings (SSSR count). The van der Waals surface area contributed by atoms with Crippen LogP contribution in [-0.2, 0) is 17.1 Å². The minimum atomic E-state index is -3.76. The van der Waals surface area contributed by atoms with Crippen molar-refractivity contribution in [1.82, 2.24) is 9.78 Å². The molecule has 21 heavy (non-hydrogen) atoms. The molecule has 0 radical (unpaired) electrons. The molecule has 0 amide bonds. The second-order valence-electron chi connectivity index (χ2n) is 4.97. The zero-order valence-corrected chi connectivity index (χ0v) is 13.3. The average Bonchev–Trinajstić information content (AvgIpc) is 2.63. The van der Waals surface area contributed by atoms with E-state index in [1.54, 1.807) is 26.1 Å². The number of hydrogen-bond acceptors (Lipinski definition) is 5. The van der Waals surface area contributed by atoms with E-state index >= 15 is 0 Å². The summed E-state index contributed by atoms with van der Waals surface area (Å²) in [6.07, 6.45) is 0. The third-order valence-electron chi connectivity index (χ3n) is 3.21. The van der Waals surface area contributed by atoms with Crippen molar-refractivity contribution in [3.8, 4) is 0 Å². The second-order valence-corrected chi connectivity index (χ2v) is 6.59. The lowest BCUT2D eigenvalue weighted by Gasteiger charge is -2.13. The van der Waals surface area contributed by atoms with Crippen molar-refractivity contribution in [2.75, 3.05) is 29.5 Å². The molecule has 7 nitrogen and oxygen atoms in total. The summed E-state index contributed by atoms with van der Waals surface area (Å²) in [7, 11) is 1.72. The predicted octanol–water partition coefficient (Wildman–Crippen LogP) is 1.18. The van der Waals surface area contributed by atoms with E-state index < -0.39 is 10.0 Å². The molecule has 0 unspecified atom stereocenters. The molecule has 0 aliphatic carbocycles. The maximum Gasteiger partial charge on any atom is 0.267 e. The van der Waals surface area contributed by atoms with Crippen LogP contribution in [0.25, 0.3) is 0 Å². The summed E-state index contributed by atoms with van der Waals surface area (Å²) >= 11 is 0.